The zero-order chi connectivity index (χ0) is 18.9. The minimum Gasteiger partial charge on any atom is -0.478 e. The summed E-state index contributed by atoms with van der Waals surface area (Å²) < 4.78 is 29.9. The van der Waals surface area contributed by atoms with Gasteiger partial charge in [-0.25, -0.2) is 9.59 Å². The molecule has 0 atom stereocenters. The van der Waals surface area contributed by atoms with E-state index in [1.165, 1.54) is 6.07 Å². The van der Waals surface area contributed by atoms with Crippen LogP contribution < -0.4 is 16.0 Å². The van der Waals surface area contributed by atoms with Crippen LogP contribution in [0.2, 0.25) is 0 Å². The Morgan fingerprint density at radius 3 is 2.32 bits per heavy atom. The largest absolute Gasteiger partial charge is 0.478 e. The third-order valence-corrected chi connectivity index (χ3v) is 3.59. The molecule has 0 spiro atoms. The van der Waals surface area contributed by atoms with Crippen LogP contribution in [0.3, 0.4) is 0 Å². The Morgan fingerprint density at radius 1 is 1.20 bits per heavy atom. The van der Waals surface area contributed by atoms with Crippen LogP contribution in [-0.2, 0) is 0 Å². The number of hydrogen-bond donors (Lipinski definition) is 4. The van der Waals surface area contributed by atoms with Gasteiger partial charge >= 0.3 is 18.6 Å². The van der Waals surface area contributed by atoms with Crippen LogP contribution in [-0.4, -0.2) is 33.7 Å². The van der Waals surface area contributed by atoms with Crippen molar-refractivity contribution in [3.8, 4) is 16.9 Å². The lowest BCUT2D eigenvalue weighted by Gasteiger charge is -2.16. The lowest BCUT2D eigenvalue weighted by molar-refractivity contribution is -0.0494. The third kappa shape index (κ3) is 3.60. The summed E-state index contributed by atoms with van der Waals surface area (Å²) in [5.74, 6) is -4.57. The third-order valence-electron chi connectivity index (χ3n) is 3.10. The predicted molar refractivity (Wildman–Crippen MR) is 85.2 cm³/mol. The summed E-state index contributed by atoms with van der Waals surface area (Å²) >= 11 is 3.06. The minimum absolute atomic E-state index is 0.302. The van der Waals surface area contributed by atoms with Gasteiger partial charge in [0.25, 0.3) is 5.56 Å². The second kappa shape index (κ2) is 6.89. The van der Waals surface area contributed by atoms with E-state index in [-0.39, 0.29) is 5.56 Å². The molecular formula is C14H9BrF2N2O6. The van der Waals surface area contributed by atoms with E-state index in [4.69, 9.17) is 5.73 Å². The molecular weight excluding hydrogens is 410 g/mol. The molecule has 0 aliphatic carbocycles. The average Bonchev–Trinajstić information content (AvgIpc) is 2.46. The maximum Gasteiger partial charge on any atom is 0.387 e. The molecule has 25 heavy (non-hydrogen) atoms. The lowest BCUT2D eigenvalue weighted by atomic mass is 9.94. The van der Waals surface area contributed by atoms with Gasteiger partial charge in [-0.2, -0.15) is 8.78 Å². The van der Waals surface area contributed by atoms with E-state index in [0.717, 1.165) is 12.1 Å². The van der Waals surface area contributed by atoms with Crippen molar-refractivity contribution < 1.29 is 33.3 Å². The van der Waals surface area contributed by atoms with E-state index < -0.39 is 52.4 Å². The van der Waals surface area contributed by atoms with Gasteiger partial charge < -0.3 is 25.7 Å². The Kier molecular flexibility index (Phi) is 5.07. The number of alkyl halides is 2. The first-order chi connectivity index (χ1) is 11.6. The predicted octanol–water partition coefficient (Wildman–Crippen LogP) is 2.38. The summed E-state index contributed by atoms with van der Waals surface area (Å²) in [7, 11) is 0. The molecule has 0 saturated carbocycles. The zero-order valence-corrected chi connectivity index (χ0v) is 13.6. The molecule has 1 heterocycles. The van der Waals surface area contributed by atoms with Gasteiger partial charge in [-0.1, -0.05) is 15.9 Å². The van der Waals surface area contributed by atoms with Crippen LogP contribution in [0, 0.1) is 0 Å². The van der Waals surface area contributed by atoms with Gasteiger partial charge in [-0.3, -0.25) is 4.79 Å². The van der Waals surface area contributed by atoms with Crippen LogP contribution in [0.1, 0.15) is 20.7 Å². The molecule has 0 saturated heterocycles. The van der Waals surface area contributed by atoms with Gasteiger partial charge in [0, 0.05) is 15.6 Å². The molecule has 2 aromatic rings. The average molecular weight is 419 g/mol. The Balaban J connectivity index is 3.00. The van der Waals surface area contributed by atoms with Crippen molar-refractivity contribution in [3.63, 3.8) is 0 Å². The number of nitrogens with two attached hydrogens (primary N) is 1. The van der Waals surface area contributed by atoms with Gasteiger partial charge in [0.1, 0.15) is 22.7 Å². The molecule has 2 rings (SSSR count). The van der Waals surface area contributed by atoms with Gasteiger partial charge in [0.2, 0.25) is 0 Å². The highest BCUT2D eigenvalue weighted by Crippen LogP contribution is 2.38. The number of aromatic nitrogens is 1. The summed E-state index contributed by atoms with van der Waals surface area (Å²) in [6, 6.07) is 3.53. The normalized spacial score (nSPS) is 10.7. The molecule has 8 nitrogen and oxygen atoms in total. The van der Waals surface area contributed by atoms with E-state index in [0.29, 0.717) is 4.47 Å². The monoisotopic (exact) mass is 418 g/mol. The molecule has 0 aliphatic rings. The molecule has 0 bridgehead atoms. The topological polar surface area (TPSA) is 143 Å². The van der Waals surface area contributed by atoms with Crippen molar-refractivity contribution in [2.45, 2.75) is 6.61 Å². The van der Waals surface area contributed by atoms with Crippen molar-refractivity contribution in [2.75, 3.05) is 5.73 Å². The highest BCUT2D eigenvalue weighted by atomic mass is 79.9. The number of hydrogen-bond acceptors (Lipinski definition) is 5. The van der Waals surface area contributed by atoms with Crippen LogP contribution in [0.4, 0.5) is 14.6 Å². The standard InChI is InChI=1S/C14H9BrF2N2O6/c15-4-1-2-6(25-14(16)17)5(3-4)7-8(12(21)22)10(18)19-11(20)9(7)13(23)24/h1-3,14H,(H,21,22)(H,23,24)(H3,18,19,20). The van der Waals surface area contributed by atoms with Crippen LogP contribution in [0.25, 0.3) is 11.1 Å². The molecule has 5 N–H and O–H groups in total. The van der Waals surface area contributed by atoms with Gasteiger partial charge in [0.15, 0.2) is 0 Å². The van der Waals surface area contributed by atoms with Crippen LogP contribution >= 0.6 is 15.9 Å². The minimum atomic E-state index is -3.26. The number of aromatic amines is 1. The number of carboxylic acid groups (broad SMARTS) is 2. The Labute approximate surface area is 146 Å². The second-order valence-electron chi connectivity index (χ2n) is 4.62. The first kappa shape index (κ1) is 18.4. The quantitative estimate of drug-likeness (QED) is 0.583. The van der Waals surface area contributed by atoms with Crippen molar-refractivity contribution in [1.82, 2.24) is 4.98 Å². The van der Waals surface area contributed by atoms with Crippen molar-refractivity contribution in [2.24, 2.45) is 0 Å². The number of carboxylic acids is 2. The number of halogens is 3. The fourth-order valence-corrected chi connectivity index (χ4v) is 2.57. The number of carbonyl (C=O) groups is 2. The van der Waals surface area contributed by atoms with E-state index >= 15 is 0 Å². The van der Waals surface area contributed by atoms with Crippen molar-refractivity contribution >= 4 is 33.7 Å². The maximum absolute atomic E-state index is 12.6. The first-order valence-corrected chi connectivity index (χ1v) is 7.19. The highest BCUT2D eigenvalue weighted by Gasteiger charge is 2.29. The molecule has 1 aromatic carbocycles. The zero-order valence-electron chi connectivity index (χ0n) is 12.0. The molecule has 0 aliphatic heterocycles. The van der Waals surface area contributed by atoms with E-state index in [1.54, 1.807) is 0 Å². The Bertz CT molecular complexity index is 928. The Morgan fingerprint density at radius 2 is 1.80 bits per heavy atom. The smallest absolute Gasteiger partial charge is 0.387 e. The fraction of sp³-hybridized carbons (Fsp3) is 0.0714. The van der Waals surface area contributed by atoms with E-state index in [1.807, 2.05) is 4.98 Å². The molecule has 132 valence electrons. The fourth-order valence-electron chi connectivity index (χ4n) is 2.21. The summed E-state index contributed by atoms with van der Waals surface area (Å²) in [6.07, 6.45) is 0. The van der Waals surface area contributed by atoms with Gasteiger partial charge in [-0.05, 0) is 18.2 Å². The number of H-pyrrole nitrogens is 1. The summed E-state index contributed by atoms with van der Waals surface area (Å²) in [4.78, 5) is 36.9. The first-order valence-electron chi connectivity index (χ1n) is 6.40. The molecule has 0 radical (unpaired) electrons. The number of pyridine rings is 1. The highest BCUT2D eigenvalue weighted by molar-refractivity contribution is 9.10. The number of ether oxygens (including phenoxy) is 1. The number of aromatic carboxylic acids is 2. The number of nitrogen functional groups attached to an aromatic ring is 1. The molecule has 1 aromatic heterocycles. The van der Waals surface area contributed by atoms with Gasteiger partial charge in [-0.15, -0.1) is 0 Å². The van der Waals surface area contributed by atoms with Crippen LogP contribution in [0.15, 0.2) is 27.5 Å². The van der Waals surface area contributed by atoms with Crippen molar-refractivity contribution in [3.05, 3.63) is 44.2 Å². The van der Waals surface area contributed by atoms with Gasteiger partial charge in [0.05, 0.1) is 0 Å². The summed E-state index contributed by atoms with van der Waals surface area (Å²) in [6.45, 7) is -3.26. The lowest BCUT2D eigenvalue weighted by Crippen LogP contribution is -2.24. The van der Waals surface area contributed by atoms with Crippen LogP contribution in [0.5, 0.6) is 5.75 Å². The van der Waals surface area contributed by atoms with E-state index in [9.17, 15) is 33.4 Å². The van der Waals surface area contributed by atoms with E-state index in [2.05, 4.69) is 20.7 Å². The number of anilines is 1. The Hall–Kier alpha value is -2.95. The van der Waals surface area contributed by atoms with Crippen molar-refractivity contribution in [1.29, 1.82) is 0 Å². The summed E-state index contributed by atoms with van der Waals surface area (Å²) in [5.41, 5.74) is 1.59. The summed E-state index contributed by atoms with van der Waals surface area (Å²) in [5, 5.41) is 18.6. The molecule has 0 amide bonds. The molecule has 0 fully saturated rings. The molecule has 0 unspecified atom stereocenters. The number of nitrogens with one attached hydrogen (secondary N) is 1. The molecule has 11 heteroatoms. The number of benzene rings is 1. The maximum atomic E-state index is 12.6. The number of rotatable bonds is 5. The second-order valence-corrected chi connectivity index (χ2v) is 5.54. The SMILES string of the molecule is Nc1[nH]c(=O)c(C(=O)O)c(-c2cc(Br)ccc2OC(F)F)c1C(=O)O.